The zero-order valence-corrected chi connectivity index (χ0v) is 28.3. The quantitative estimate of drug-likeness (QED) is 0.204. The molecule has 1 heterocycles. The first-order valence-electron chi connectivity index (χ1n) is 16.6. The standard InChI is InChI=1S/C38H50N4O5/c1-26(2)35(42-21-13-20-39-38(42)45)37(44)40-31(22-29-16-8-6-9-17-29)24-33(46-5)32(23-30-18-10-7-11-19-30)41-34(43)25-47-36-27(3)14-12-15-28(36)4/h6-12,14-19,26,31-33,35H,13,20-25H2,1-5H3,(H,39,45)(H,40,44)(H,41,43)/t31-,32-,33?,35?/m0/s1. The molecule has 47 heavy (non-hydrogen) atoms. The Hall–Kier alpha value is -4.37. The number of para-hydroxylation sites is 1. The predicted octanol–water partition coefficient (Wildman–Crippen LogP) is 4.98. The van der Waals surface area contributed by atoms with Crippen LogP contribution < -0.4 is 20.7 Å². The van der Waals surface area contributed by atoms with Gasteiger partial charge in [0, 0.05) is 26.2 Å². The Morgan fingerprint density at radius 1 is 0.872 bits per heavy atom. The smallest absolute Gasteiger partial charge is 0.318 e. The lowest BCUT2D eigenvalue weighted by Gasteiger charge is -2.37. The fourth-order valence-corrected chi connectivity index (χ4v) is 6.36. The van der Waals surface area contributed by atoms with Crippen molar-refractivity contribution in [1.82, 2.24) is 20.9 Å². The molecular formula is C38H50N4O5. The average molecular weight is 643 g/mol. The van der Waals surface area contributed by atoms with Crippen molar-refractivity contribution >= 4 is 17.8 Å². The van der Waals surface area contributed by atoms with Crippen molar-refractivity contribution in [3.05, 3.63) is 101 Å². The first kappa shape index (κ1) is 35.5. The fourth-order valence-electron chi connectivity index (χ4n) is 6.36. The number of carbonyl (C=O) groups is 3. The van der Waals surface area contributed by atoms with E-state index >= 15 is 0 Å². The lowest BCUT2D eigenvalue weighted by atomic mass is 9.92. The largest absolute Gasteiger partial charge is 0.483 e. The average Bonchev–Trinajstić information content (AvgIpc) is 3.05. The highest BCUT2D eigenvalue weighted by Gasteiger charge is 2.36. The van der Waals surface area contributed by atoms with Crippen LogP contribution in [0.25, 0.3) is 0 Å². The van der Waals surface area contributed by atoms with Crippen molar-refractivity contribution in [3.8, 4) is 5.75 Å². The third-order valence-corrected chi connectivity index (χ3v) is 8.69. The normalized spacial score (nSPS) is 15.7. The number of hydrogen-bond donors (Lipinski definition) is 3. The van der Waals surface area contributed by atoms with Crippen molar-refractivity contribution in [3.63, 3.8) is 0 Å². The fraction of sp³-hybridized carbons (Fsp3) is 0.447. The Balaban J connectivity index is 1.56. The van der Waals surface area contributed by atoms with Crippen molar-refractivity contribution in [1.29, 1.82) is 0 Å². The SMILES string of the molecule is COC(C[C@H](Cc1ccccc1)NC(=O)C(C(C)C)N1CCCNC1=O)[C@H](Cc1ccccc1)NC(=O)COc1c(C)cccc1C. The molecule has 0 spiro atoms. The number of ether oxygens (including phenoxy) is 2. The summed E-state index contributed by atoms with van der Waals surface area (Å²) in [6.07, 6.45) is 1.87. The zero-order valence-electron chi connectivity index (χ0n) is 28.3. The number of amides is 4. The Bertz CT molecular complexity index is 1430. The maximum absolute atomic E-state index is 14.0. The highest BCUT2D eigenvalue weighted by molar-refractivity contribution is 5.87. The molecular weight excluding hydrogens is 592 g/mol. The van der Waals surface area contributed by atoms with E-state index in [-0.39, 0.29) is 36.4 Å². The third kappa shape index (κ3) is 10.3. The molecule has 0 aliphatic carbocycles. The van der Waals surface area contributed by atoms with Gasteiger partial charge in [0.1, 0.15) is 11.8 Å². The van der Waals surface area contributed by atoms with Gasteiger partial charge in [-0.05, 0) is 67.7 Å². The second-order valence-corrected chi connectivity index (χ2v) is 12.7. The molecule has 4 rings (SSSR count). The summed E-state index contributed by atoms with van der Waals surface area (Å²) in [5.74, 6) is 0.170. The van der Waals surface area contributed by atoms with Crippen LogP contribution in [0.15, 0.2) is 78.9 Å². The minimum Gasteiger partial charge on any atom is -0.483 e. The molecule has 0 bridgehead atoms. The van der Waals surface area contributed by atoms with Crippen LogP contribution in [0.1, 0.15) is 48.9 Å². The molecule has 3 N–H and O–H groups in total. The molecule has 4 amide bonds. The molecule has 1 saturated heterocycles. The van der Waals surface area contributed by atoms with Crippen LogP contribution in [0.2, 0.25) is 0 Å². The van der Waals surface area contributed by atoms with E-state index in [1.807, 2.05) is 107 Å². The Labute approximate surface area is 279 Å². The van der Waals surface area contributed by atoms with Crippen molar-refractivity contribution in [2.45, 2.75) is 77.6 Å². The molecule has 1 aliphatic heterocycles. The first-order chi connectivity index (χ1) is 22.7. The molecule has 0 saturated carbocycles. The summed E-state index contributed by atoms with van der Waals surface area (Å²) >= 11 is 0. The lowest BCUT2D eigenvalue weighted by molar-refractivity contribution is -0.128. The number of nitrogens with zero attached hydrogens (tertiary/aromatic N) is 1. The van der Waals surface area contributed by atoms with Gasteiger partial charge in [0.25, 0.3) is 5.91 Å². The maximum Gasteiger partial charge on any atom is 0.318 e. The van der Waals surface area contributed by atoms with Gasteiger partial charge in [0.2, 0.25) is 5.91 Å². The van der Waals surface area contributed by atoms with E-state index in [0.717, 1.165) is 28.7 Å². The second kappa shape index (κ2) is 17.5. The number of carbonyl (C=O) groups excluding carboxylic acids is 3. The van der Waals surface area contributed by atoms with Crippen molar-refractivity contribution < 1.29 is 23.9 Å². The molecule has 0 aromatic heterocycles. The van der Waals surface area contributed by atoms with Gasteiger partial charge in [-0.15, -0.1) is 0 Å². The minimum atomic E-state index is -0.614. The second-order valence-electron chi connectivity index (χ2n) is 12.7. The van der Waals surface area contributed by atoms with Crippen LogP contribution in [-0.2, 0) is 27.2 Å². The molecule has 3 aromatic carbocycles. The van der Waals surface area contributed by atoms with Gasteiger partial charge in [0.05, 0.1) is 12.1 Å². The van der Waals surface area contributed by atoms with Gasteiger partial charge in [-0.25, -0.2) is 4.79 Å². The molecule has 0 radical (unpaired) electrons. The van der Waals surface area contributed by atoms with Gasteiger partial charge in [0.15, 0.2) is 6.61 Å². The van der Waals surface area contributed by atoms with E-state index in [0.29, 0.717) is 38.1 Å². The molecule has 9 nitrogen and oxygen atoms in total. The van der Waals surface area contributed by atoms with Crippen LogP contribution in [0.4, 0.5) is 4.79 Å². The zero-order chi connectivity index (χ0) is 33.8. The summed E-state index contributed by atoms with van der Waals surface area (Å²) in [6, 6.07) is 24.3. The monoisotopic (exact) mass is 642 g/mol. The van der Waals surface area contributed by atoms with Crippen LogP contribution >= 0.6 is 0 Å². The van der Waals surface area contributed by atoms with Gasteiger partial charge >= 0.3 is 6.03 Å². The van der Waals surface area contributed by atoms with Crippen LogP contribution in [0, 0.1) is 19.8 Å². The number of benzene rings is 3. The van der Waals surface area contributed by atoms with E-state index in [4.69, 9.17) is 9.47 Å². The highest BCUT2D eigenvalue weighted by Crippen LogP contribution is 2.23. The summed E-state index contributed by atoms with van der Waals surface area (Å²) in [5.41, 5.74) is 4.05. The van der Waals surface area contributed by atoms with Crippen LogP contribution in [0.5, 0.6) is 5.75 Å². The summed E-state index contributed by atoms with van der Waals surface area (Å²) in [6.45, 7) is 8.85. The van der Waals surface area contributed by atoms with E-state index in [1.165, 1.54) is 0 Å². The summed E-state index contributed by atoms with van der Waals surface area (Å²) in [4.78, 5) is 41.7. The van der Waals surface area contributed by atoms with E-state index < -0.39 is 18.2 Å². The summed E-state index contributed by atoms with van der Waals surface area (Å²) in [7, 11) is 1.64. The molecule has 4 atom stereocenters. The summed E-state index contributed by atoms with van der Waals surface area (Å²) < 4.78 is 12.1. The molecule has 9 heteroatoms. The Morgan fingerprint density at radius 2 is 1.49 bits per heavy atom. The molecule has 1 fully saturated rings. The number of nitrogens with one attached hydrogen (secondary N) is 3. The van der Waals surface area contributed by atoms with Gasteiger partial charge in [-0.2, -0.15) is 0 Å². The number of aryl methyl sites for hydroxylation is 2. The van der Waals surface area contributed by atoms with Crippen molar-refractivity contribution in [2.75, 3.05) is 26.8 Å². The maximum atomic E-state index is 14.0. The van der Waals surface area contributed by atoms with Crippen LogP contribution in [0.3, 0.4) is 0 Å². The van der Waals surface area contributed by atoms with Gasteiger partial charge < -0.3 is 30.3 Å². The van der Waals surface area contributed by atoms with E-state index in [9.17, 15) is 14.4 Å². The topological polar surface area (TPSA) is 109 Å². The molecule has 3 aromatic rings. The van der Waals surface area contributed by atoms with Crippen molar-refractivity contribution in [2.24, 2.45) is 5.92 Å². The number of rotatable bonds is 16. The third-order valence-electron chi connectivity index (χ3n) is 8.69. The molecule has 1 aliphatic rings. The molecule has 2 unspecified atom stereocenters. The summed E-state index contributed by atoms with van der Waals surface area (Å²) in [5, 5.41) is 9.34. The highest BCUT2D eigenvalue weighted by atomic mass is 16.5. The van der Waals surface area contributed by atoms with E-state index in [2.05, 4.69) is 16.0 Å². The lowest BCUT2D eigenvalue weighted by Crippen LogP contribution is -2.59. The van der Waals surface area contributed by atoms with Crippen LogP contribution in [-0.4, -0.2) is 73.8 Å². The van der Waals surface area contributed by atoms with E-state index in [1.54, 1.807) is 12.0 Å². The number of methoxy groups -OCH3 is 1. The van der Waals surface area contributed by atoms with Gasteiger partial charge in [-0.1, -0.05) is 92.7 Å². The Morgan fingerprint density at radius 3 is 2.06 bits per heavy atom. The first-order valence-corrected chi connectivity index (χ1v) is 16.6. The predicted molar refractivity (Wildman–Crippen MR) is 184 cm³/mol. The minimum absolute atomic E-state index is 0.0866. The number of urea groups is 1. The van der Waals surface area contributed by atoms with Gasteiger partial charge in [-0.3, -0.25) is 9.59 Å². The number of hydrogen-bond acceptors (Lipinski definition) is 5. The molecule has 252 valence electrons. The Kier molecular flexibility index (Phi) is 13.2.